The number of imidazole rings is 1. The SMILES string of the molecule is COc1ccc(Cc2nc(-c3ccccc3)c3n2Cc2ccccc2NC3c2ccccc2)cc1. The summed E-state index contributed by atoms with van der Waals surface area (Å²) in [5.74, 6) is 1.92. The van der Waals surface area contributed by atoms with Gasteiger partial charge in [0, 0.05) is 17.7 Å². The highest BCUT2D eigenvalue weighted by atomic mass is 16.5. The summed E-state index contributed by atoms with van der Waals surface area (Å²) >= 11 is 0. The van der Waals surface area contributed by atoms with E-state index in [0.29, 0.717) is 0 Å². The van der Waals surface area contributed by atoms with Crippen LogP contribution in [-0.2, 0) is 13.0 Å². The number of nitrogens with zero attached hydrogens (tertiary/aromatic N) is 2. The lowest BCUT2D eigenvalue weighted by atomic mass is 9.99. The van der Waals surface area contributed by atoms with E-state index in [-0.39, 0.29) is 6.04 Å². The van der Waals surface area contributed by atoms with Gasteiger partial charge in [0.1, 0.15) is 11.6 Å². The van der Waals surface area contributed by atoms with Gasteiger partial charge in [-0.15, -0.1) is 0 Å². The van der Waals surface area contributed by atoms with Gasteiger partial charge in [-0.2, -0.15) is 0 Å². The third kappa shape index (κ3) is 4.08. The Bertz CT molecular complexity index is 1440. The van der Waals surface area contributed by atoms with E-state index in [4.69, 9.17) is 9.72 Å². The molecule has 1 unspecified atom stereocenters. The van der Waals surface area contributed by atoms with Gasteiger partial charge in [0.25, 0.3) is 0 Å². The molecule has 2 heterocycles. The number of hydrogen-bond donors (Lipinski definition) is 1. The summed E-state index contributed by atoms with van der Waals surface area (Å²) in [7, 11) is 1.70. The molecule has 0 spiro atoms. The molecule has 0 saturated heterocycles. The number of fused-ring (bicyclic) bond motifs is 2. The van der Waals surface area contributed by atoms with Crippen LogP contribution in [0.3, 0.4) is 0 Å². The van der Waals surface area contributed by atoms with Crippen molar-refractivity contribution in [2.45, 2.75) is 19.0 Å². The van der Waals surface area contributed by atoms with Crippen molar-refractivity contribution in [1.82, 2.24) is 9.55 Å². The molecule has 0 bridgehead atoms. The largest absolute Gasteiger partial charge is 0.497 e. The number of hydrogen-bond acceptors (Lipinski definition) is 3. The maximum absolute atomic E-state index is 5.36. The van der Waals surface area contributed by atoms with E-state index in [1.54, 1.807) is 7.11 Å². The molecule has 1 aromatic heterocycles. The summed E-state index contributed by atoms with van der Waals surface area (Å²) in [5.41, 5.74) is 8.22. The minimum absolute atomic E-state index is 0.0211. The maximum atomic E-state index is 5.36. The van der Waals surface area contributed by atoms with E-state index in [0.717, 1.165) is 35.8 Å². The highest BCUT2D eigenvalue weighted by molar-refractivity contribution is 5.67. The van der Waals surface area contributed by atoms with Gasteiger partial charge in [-0.25, -0.2) is 4.98 Å². The Kier molecular flexibility index (Phi) is 5.55. The van der Waals surface area contributed by atoms with E-state index < -0.39 is 0 Å². The predicted octanol–water partition coefficient (Wildman–Crippen LogP) is 6.71. The first-order chi connectivity index (χ1) is 17.3. The number of benzene rings is 4. The molecule has 1 aliphatic heterocycles. The lowest BCUT2D eigenvalue weighted by Crippen LogP contribution is -2.15. The van der Waals surface area contributed by atoms with Crippen molar-refractivity contribution < 1.29 is 4.74 Å². The van der Waals surface area contributed by atoms with Crippen LogP contribution in [0.15, 0.2) is 109 Å². The molecule has 35 heavy (non-hydrogen) atoms. The van der Waals surface area contributed by atoms with E-state index in [2.05, 4.69) is 107 Å². The van der Waals surface area contributed by atoms with Crippen molar-refractivity contribution in [2.75, 3.05) is 12.4 Å². The van der Waals surface area contributed by atoms with Crippen molar-refractivity contribution in [3.05, 3.63) is 137 Å². The summed E-state index contributed by atoms with van der Waals surface area (Å²) in [4.78, 5) is 5.28. The number of aromatic nitrogens is 2. The van der Waals surface area contributed by atoms with Gasteiger partial charge in [0.2, 0.25) is 0 Å². The van der Waals surface area contributed by atoms with E-state index in [1.807, 2.05) is 12.1 Å². The molecule has 6 rings (SSSR count). The van der Waals surface area contributed by atoms with Crippen LogP contribution in [0.5, 0.6) is 5.75 Å². The molecule has 4 aromatic carbocycles. The van der Waals surface area contributed by atoms with Gasteiger partial charge in [-0.3, -0.25) is 0 Å². The van der Waals surface area contributed by atoms with Crippen molar-refractivity contribution in [1.29, 1.82) is 0 Å². The quantitative estimate of drug-likeness (QED) is 0.319. The Hall–Kier alpha value is -4.31. The van der Waals surface area contributed by atoms with Crippen LogP contribution in [0.1, 0.15) is 34.3 Å². The Balaban J connectivity index is 1.56. The molecule has 1 aliphatic rings. The van der Waals surface area contributed by atoms with Crippen LogP contribution in [-0.4, -0.2) is 16.7 Å². The normalized spacial score (nSPS) is 14.4. The minimum atomic E-state index is -0.0211. The molecule has 0 amide bonds. The Morgan fingerprint density at radius 3 is 2.26 bits per heavy atom. The first-order valence-electron chi connectivity index (χ1n) is 12.0. The molecule has 4 nitrogen and oxygen atoms in total. The fourth-order valence-electron chi connectivity index (χ4n) is 4.93. The van der Waals surface area contributed by atoms with Crippen molar-refractivity contribution >= 4 is 5.69 Å². The molecular weight excluding hydrogens is 430 g/mol. The lowest BCUT2D eigenvalue weighted by molar-refractivity contribution is 0.414. The van der Waals surface area contributed by atoms with Crippen molar-refractivity contribution in [3.8, 4) is 17.0 Å². The number of rotatable bonds is 5. The Labute approximate surface area is 205 Å². The third-order valence-electron chi connectivity index (χ3n) is 6.71. The van der Waals surface area contributed by atoms with Gasteiger partial charge in [-0.1, -0.05) is 91.0 Å². The van der Waals surface area contributed by atoms with Gasteiger partial charge < -0.3 is 14.6 Å². The molecule has 5 aromatic rings. The zero-order chi connectivity index (χ0) is 23.6. The predicted molar refractivity (Wildman–Crippen MR) is 141 cm³/mol. The van der Waals surface area contributed by atoms with E-state index in [1.165, 1.54) is 28.1 Å². The van der Waals surface area contributed by atoms with Gasteiger partial charge in [0.05, 0.1) is 31.1 Å². The number of anilines is 1. The van der Waals surface area contributed by atoms with Crippen LogP contribution >= 0.6 is 0 Å². The average Bonchev–Trinajstić information content (AvgIpc) is 3.16. The smallest absolute Gasteiger partial charge is 0.118 e. The number of nitrogens with one attached hydrogen (secondary N) is 1. The van der Waals surface area contributed by atoms with Crippen LogP contribution in [0, 0.1) is 0 Å². The van der Waals surface area contributed by atoms with E-state index >= 15 is 0 Å². The minimum Gasteiger partial charge on any atom is -0.497 e. The maximum Gasteiger partial charge on any atom is 0.118 e. The van der Waals surface area contributed by atoms with Gasteiger partial charge >= 0.3 is 0 Å². The second-order valence-corrected chi connectivity index (χ2v) is 8.88. The fraction of sp³-hybridized carbons (Fsp3) is 0.129. The van der Waals surface area contributed by atoms with Crippen molar-refractivity contribution in [2.24, 2.45) is 0 Å². The average molecular weight is 458 g/mol. The first-order valence-corrected chi connectivity index (χ1v) is 12.0. The summed E-state index contributed by atoms with van der Waals surface area (Å²) in [6, 6.07) is 38.1. The molecule has 1 N–H and O–H groups in total. The molecule has 0 saturated carbocycles. The summed E-state index contributed by atoms with van der Waals surface area (Å²) < 4.78 is 7.78. The van der Waals surface area contributed by atoms with Crippen molar-refractivity contribution in [3.63, 3.8) is 0 Å². The highest BCUT2D eigenvalue weighted by Crippen LogP contribution is 2.39. The van der Waals surface area contributed by atoms with Gasteiger partial charge in [0.15, 0.2) is 0 Å². The standard InChI is InChI=1S/C31H27N3O/c1-35-26-18-16-22(17-19-26)20-28-33-30(24-12-6-3-7-13-24)31-29(23-10-4-2-5-11-23)32-27-15-9-8-14-25(27)21-34(28)31/h2-19,29,32H,20-21H2,1H3. The Morgan fingerprint density at radius 2 is 1.51 bits per heavy atom. The summed E-state index contributed by atoms with van der Waals surface area (Å²) in [5, 5.41) is 3.86. The summed E-state index contributed by atoms with van der Waals surface area (Å²) in [6.07, 6.45) is 0.744. The lowest BCUT2D eigenvalue weighted by Gasteiger charge is -2.21. The van der Waals surface area contributed by atoms with E-state index in [9.17, 15) is 0 Å². The van der Waals surface area contributed by atoms with Crippen LogP contribution < -0.4 is 10.1 Å². The molecule has 172 valence electrons. The topological polar surface area (TPSA) is 39.1 Å². The number of methoxy groups -OCH3 is 1. The molecular formula is C31H27N3O. The molecule has 1 atom stereocenters. The number of ether oxygens (including phenoxy) is 1. The first kappa shape index (κ1) is 21.2. The molecule has 0 radical (unpaired) electrons. The summed E-state index contributed by atoms with van der Waals surface area (Å²) in [6.45, 7) is 0.771. The molecule has 0 fully saturated rings. The zero-order valence-electron chi connectivity index (χ0n) is 19.7. The van der Waals surface area contributed by atoms with Crippen LogP contribution in [0.2, 0.25) is 0 Å². The Morgan fingerprint density at radius 1 is 0.829 bits per heavy atom. The second-order valence-electron chi connectivity index (χ2n) is 8.88. The van der Waals surface area contributed by atoms with Crippen LogP contribution in [0.25, 0.3) is 11.3 Å². The fourth-order valence-corrected chi connectivity index (χ4v) is 4.93. The molecule has 4 heteroatoms. The third-order valence-corrected chi connectivity index (χ3v) is 6.71. The highest BCUT2D eigenvalue weighted by Gasteiger charge is 2.30. The van der Waals surface area contributed by atoms with Crippen LogP contribution in [0.4, 0.5) is 5.69 Å². The second kappa shape index (κ2) is 9.15. The monoisotopic (exact) mass is 457 g/mol. The zero-order valence-corrected chi connectivity index (χ0v) is 19.7. The van der Waals surface area contributed by atoms with Gasteiger partial charge in [-0.05, 0) is 34.9 Å². The number of para-hydroxylation sites is 1. The molecule has 0 aliphatic carbocycles.